The predicted molar refractivity (Wildman–Crippen MR) is 101 cm³/mol. The maximum absolute atomic E-state index is 12.5. The van der Waals surface area contributed by atoms with Crippen molar-refractivity contribution in [3.8, 4) is 11.8 Å². The average molecular weight is 372 g/mol. The number of benzene rings is 1. The largest absolute Gasteiger partial charge is 0.337 e. The molecule has 0 unspecified atom stereocenters. The molecule has 26 heavy (non-hydrogen) atoms. The van der Waals surface area contributed by atoms with Crippen LogP contribution in [0.15, 0.2) is 23.4 Å². The Bertz CT molecular complexity index is 840. The van der Waals surface area contributed by atoms with E-state index in [-0.39, 0.29) is 11.8 Å². The highest BCUT2D eigenvalue weighted by Crippen LogP contribution is 2.26. The van der Waals surface area contributed by atoms with Gasteiger partial charge in [0.05, 0.1) is 17.0 Å². The van der Waals surface area contributed by atoms with Crippen molar-refractivity contribution in [1.29, 1.82) is 5.26 Å². The minimum Gasteiger partial charge on any atom is -0.337 e. The smallest absolute Gasteiger partial charge is 0.234 e. The fraction of sp³-hybridized carbons (Fsp3) is 0.500. The molecular weight excluding hydrogens is 348 g/mol. The first-order valence-corrected chi connectivity index (χ1v) is 9.32. The van der Waals surface area contributed by atoms with Gasteiger partial charge in [-0.1, -0.05) is 43.3 Å². The third-order valence-corrected chi connectivity index (χ3v) is 5.48. The van der Waals surface area contributed by atoms with Crippen LogP contribution in [0.2, 0.25) is 0 Å². The van der Waals surface area contributed by atoms with E-state index in [0.717, 1.165) is 16.8 Å². The van der Waals surface area contributed by atoms with Crippen molar-refractivity contribution in [2.45, 2.75) is 57.5 Å². The van der Waals surface area contributed by atoms with E-state index in [4.69, 9.17) is 0 Å². The third-order valence-electron chi connectivity index (χ3n) is 4.44. The lowest BCUT2D eigenvalue weighted by Gasteiger charge is -2.28. The van der Waals surface area contributed by atoms with Crippen molar-refractivity contribution in [2.24, 2.45) is 5.92 Å². The number of rotatable bonds is 6. The molecule has 7 nitrogen and oxygen atoms in total. The third kappa shape index (κ3) is 4.22. The van der Waals surface area contributed by atoms with Crippen LogP contribution in [0.3, 0.4) is 0 Å². The molecule has 0 aliphatic rings. The zero-order chi connectivity index (χ0) is 19.5. The van der Waals surface area contributed by atoms with Crippen molar-refractivity contribution in [3.05, 3.63) is 29.3 Å². The van der Waals surface area contributed by atoms with Crippen LogP contribution >= 0.6 is 11.8 Å². The highest BCUT2D eigenvalue weighted by molar-refractivity contribution is 8.00. The number of carbonyl (C=O) groups is 1. The topological polar surface area (TPSA) is 96.5 Å². The van der Waals surface area contributed by atoms with Gasteiger partial charge in [-0.2, -0.15) is 9.94 Å². The van der Waals surface area contributed by atoms with Gasteiger partial charge in [0.1, 0.15) is 5.54 Å². The highest BCUT2D eigenvalue weighted by Gasteiger charge is 2.32. The van der Waals surface area contributed by atoms with Crippen LogP contribution in [0.1, 0.15) is 38.8 Å². The Morgan fingerprint density at radius 2 is 2.04 bits per heavy atom. The van der Waals surface area contributed by atoms with Gasteiger partial charge in [-0.25, -0.2) is 0 Å². The molecule has 1 N–H and O–H groups in total. The fourth-order valence-electron chi connectivity index (χ4n) is 2.32. The molecule has 0 radical (unpaired) electrons. The zero-order valence-electron chi connectivity index (χ0n) is 15.9. The first-order valence-electron chi connectivity index (χ1n) is 8.44. The number of hydrogen-bond acceptors (Lipinski definition) is 6. The number of amides is 1. The maximum atomic E-state index is 12.5. The summed E-state index contributed by atoms with van der Waals surface area (Å²) in [5.74, 6) is -0.225. The van der Waals surface area contributed by atoms with Crippen molar-refractivity contribution < 1.29 is 4.79 Å². The van der Waals surface area contributed by atoms with E-state index >= 15 is 0 Å². The van der Waals surface area contributed by atoms with Gasteiger partial charge in [0, 0.05) is 0 Å². The summed E-state index contributed by atoms with van der Waals surface area (Å²) in [7, 11) is 0. The lowest BCUT2D eigenvalue weighted by Crippen LogP contribution is -2.51. The summed E-state index contributed by atoms with van der Waals surface area (Å²) in [6.07, 6.45) is 0. The van der Waals surface area contributed by atoms with Crippen molar-refractivity contribution in [2.75, 3.05) is 0 Å². The summed E-state index contributed by atoms with van der Waals surface area (Å²) in [5, 5.41) is 24.2. The minimum atomic E-state index is -0.911. The molecule has 0 saturated heterocycles. The van der Waals surface area contributed by atoms with Gasteiger partial charge < -0.3 is 5.32 Å². The molecule has 0 fully saturated rings. The quantitative estimate of drug-likeness (QED) is 0.783. The second-order valence-electron chi connectivity index (χ2n) is 6.88. The van der Waals surface area contributed by atoms with Crippen LogP contribution in [0, 0.1) is 31.1 Å². The molecule has 2 atom stereocenters. The second kappa shape index (κ2) is 7.87. The van der Waals surface area contributed by atoms with E-state index in [1.165, 1.54) is 11.8 Å². The normalized spacial score (nSPS) is 14.5. The average Bonchev–Trinajstić information content (AvgIpc) is 3.02. The fourth-order valence-corrected chi connectivity index (χ4v) is 3.12. The van der Waals surface area contributed by atoms with E-state index in [9.17, 15) is 10.1 Å². The standard InChI is InChI=1S/C18H24N6OS/c1-11(2)18(6,10-19)20-16(25)14(5)26-17-21-22-23-24(17)15-8-7-12(3)9-13(15)4/h7-9,11,14H,1-6H3,(H,20,25)/t14-,18+/m0/s1. The van der Waals surface area contributed by atoms with Crippen molar-refractivity contribution >= 4 is 17.7 Å². The molecule has 1 aromatic carbocycles. The summed E-state index contributed by atoms with van der Waals surface area (Å²) < 4.78 is 1.63. The van der Waals surface area contributed by atoms with Crippen LogP contribution < -0.4 is 5.32 Å². The minimum absolute atomic E-state index is 0.00539. The molecule has 1 heterocycles. The molecule has 0 spiro atoms. The Balaban J connectivity index is 2.18. The number of aryl methyl sites for hydroxylation is 2. The number of nitriles is 1. The molecule has 2 aromatic rings. The molecular formula is C18H24N6OS. The number of aromatic nitrogens is 4. The Morgan fingerprint density at radius 1 is 1.35 bits per heavy atom. The molecule has 138 valence electrons. The Hall–Kier alpha value is -2.40. The van der Waals surface area contributed by atoms with E-state index in [1.807, 2.05) is 39.8 Å². The summed E-state index contributed by atoms with van der Waals surface area (Å²) >= 11 is 1.26. The van der Waals surface area contributed by atoms with Gasteiger partial charge >= 0.3 is 0 Å². The first kappa shape index (κ1) is 19.9. The van der Waals surface area contributed by atoms with Gasteiger partial charge in [0.25, 0.3) is 0 Å². The van der Waals surface area contributed by atoms with Gasteiger partial charge in [0.2, 0.25) is 11.1 Å². The summed E-state index contributed by atoms with van der Waals surface area (Å²) in [6.45, 7) is 11.3. The summed E-state index contributed by atoms with van der Waals surface area (Å²) in [6, 6.07) is 8.20. The molecule has 0 aliphatic carbocycles. The van der Waals surface area contributed by atoms with E-state index in [1.54, 1.807) is 18.5 Å². The van der Waals surface area contributed by atoms with E-state index in [0.29, 0.717) is 5.16 Å². The molecule has 0 saturated carbocycles. The molecule has 8 heteroatoms. The van der Waals surface area contributed by atoms with Crippen molar-refractivity contribution in [3.63, 3.8) is 0 Å². The molecule has 0 bridgehead atoms. The number of hydrogen-bond donors (Lipinski definition) is 1. The molecule has 2 rings (SSSR count). The lowest BCUT2D eigenvalue weighted by molar-refractivity contribution is -0.121. The number of thioether (sulfide) groups is 1. The Labute approximate surface area is 158 Å². The molecule has 1 aromatic heterocycles. The number of nitrogens with one attached hydrogen (secondary N) is 1. The number of nitrogens with zero attached hydrogens (tertiary/aromatic N) is 5. The molecule has 0 aliphatic heterocycles. The zero-order valence-corrected chi connectivity index (χ0v) is 16.8. The SMILES string of the molecule is Cc1ccc(-n2nnnc2S[C@@H](C)C(=O)N[C@](C)(C#N)C(C)C)c(C)c1. The Kier molecular flexibility index (Phi) is 6.03. The summed E-state index contributed by atoms with van der Waals surface area (Å²) in [5.41, 5.74) is 2.17. The number of tetrazole rings is 1. The predicted octanol–water partition coefficient (Wildman–Crippen LogP) is 2.81. The van der Waals surface area contributed by atoms with Crippen molar-refractivity contribution in [1.82, 2.24) is 25.5 Å². The number of carbonyl (C=O) groups excluding carboxylic acids is 1. The van der Waals surface area contributed by atoms with Gasteiger partial charge in [-0.15, -0.1) is 5.10 Å². The highest BCUT2D eigenvalue weighted by atomic mass is 32.2. The van der Waals surface area contributed by atoms with Crippen LogP contribution in [0.25, 0.3) is 5.69 Å². The summed E-state index contributed by atoms with van der Waals surface area (Å²) in [4.78, 5) is 12.5. The Morgan fingerprint density at radius 3 is 2.62 bits per heavy atom. The van der Waals surface area contributed by atoms with Gasteiger partial charge in [-0.3, -0.25) is 4.79 Å². The lowest BCUT2D eigenvalue weighted by atomic mass is 9.90. The van der Waals surface area contributed by atoms with Crippen LogP contribution in [-0.4, -0.2) is 36.9 Å². The van der Waals surface area contributed by atoms with Crippen LogP contribution in [0.4, 0.5) is 0 Å². The van der Waals surface area contributed by atoms with Gasteiger partial charge in [0.15, 0.2) is 0 Å². The van der Waals surface area contributed by atoms with E-state index < -0.39 is 10.8 Å². The van der Waals surface area contributed by atoms with Crippen LogP contribution in [0.5, 0.6) is 0 Å². The van der Waals surface area contributed by atoms with Gasteiger partial charge in [-0.05, 0) is 55.7 Å². The first-order chi connectivity index (χ1) is 12.2. The second-order valence-corrected chi connectivity index (χ2v) is 8.19. The maximum Gasteiger partial charge on any atom is 0.234 e. The van der Waals surface area contributed by atoms with E-state index in [2.05, 4.69) is 33.0 Å². The van der Waals surface area contributed by atoms with Crippen LogP contribution in [-0.2, 0) is 4.79 Å². The monoisotopic (exact) mass is 372 g/mol. The molecule has 1 amide bonds.